The minimum atomic E-state index is -4.76. The van der Waals surface area contributed by atoms with Gasteiger partial charge in [-0.3, -0.25) is 28.5 Å². The molecule has 0 bridgehead atoms. The van der Waals surface area contributed by atoms with Gasteiger partial charge in [0.05, 0.1) is 25.0 Å². The molecule has 1 aromatic heterocycles. The van der Waals surface area contributed by atoms with E-state index in [2.05, 4.69) is 0 Å². The number of rotatable bonds is 14. The summed E-state index contributed by atoms with van der Waals surface area (Å²) in [5, 5.41) is 21.7. The van der Waals surface area contributed by atoms with Gasteiger partial charge in [-0.1, -0.05) is 27.7 Å². The minimum absolute atomic E-state index is 0.414. The maximum atomic E-state index is 14.4. The number of carbonyl (C=O) groups is 2. The van der Waals surface area contributed by atoms with E-state index in [0.717, 1.165) is 23.8 Å². The maximum Gasteiger partial charge on any atom is 0.480 e. The standard InChI is InChI=1S/C22H34FN2O13P/c1-13(2)17(27)33-11-36-39(32,37-12-34-18(28)14(3)4)35-10-22(9-23)19(29)21(5,31)15(38-22)8-25-7-6-16(26)24-20(25)30/h6-7,13-15,19,29,31H,8-12H2,1-5H3,(H,24,26,30)/t15-,19-,21-,22+/m0/s1. The number of hydrogen-bond donors (Lipinski definition) is 3. The molecule has 0 aromatic carbocycles. The molecule has 0 aliphatic carbocycles. The highest BCUT2D eigenvalue weighted by molar-refractivity contribution is 7.48. The van der Waals surface area contributed by atoms with Crippen LogP contribution >= 0.6 is 7.82 Å². The molecule has 1 aromatic rings. The Kier molecular flexibility index (Phi) is 11.1. The highest BCUT2D eigenvalue weighted by Gasteiger charge is 2.62. The molecule has 0 unspecified atom stereocenters. The van der Waals surface area contributed by atoms with Crippen LogP contribution in [-0.4, -0.2) is 82.0 Å². The Morgan fingerprint density at radius 3 is 2.13 bits per heavy atom. The average Bonchev–Trinajstić information content (AvgIpc) is 3.05. The zero-order chi connectivity index (χ0) is 29.6. The first-order chi connectivity index (χ1) is 18.1. The molecule has 0 radical (unpaired) electrons. The zero-order valence-corrected chi connectivity index (χ0v) is 23.1. The quantitative estimate of drug-likeness (QED) is 0.152. The lowest BCUT2D eigenvalue weighted by molar-refractivity contribution is -0.159. The molecule has 2 rings (SSSR count). The van der Waals surface area contributed by atoms with Gasteiger partial charge in [-0.2, -0.15) is 0 Å². The van der Waals surface area contributed by atoms with E-state index in [0.29, 0.717) is 0 Å². The monoisotopic (exact) mass is 584 g/mol. The Hall–Kier alpha value is -2.46. The third-order valence-electron chi connectivity index (χ3n) is 5.80. The van der Waals surface area contributed by atoms with Crippen LogP contribution in [0.25, 0.3) is 0 Å². The van der Waals surface area contributed by atoms with Gasteiger partial charge in [0, 0.05) is 12.3 Å². The number of nitrogens with one attached hydrogen (secondary N) is 1. The van der Waals surface area contributed by atoms with E-state index in [1.165, 1.54) is 27.7 Å². The number of phosphoric ester groups is 1. The molecule has 4 atom stereocenters. The number of phosphoric acid groups is 1. The van der Waals surface area contributed by atoms with Crippen molar-refractivity contribution in [1.82, 2.24) is 9.55 Å². The minimum Gasteiger partial charge on any atom is -0.438 e. The summed E-state index contributed by atoms with van der Waals surface area (Å²) in [4.78, 5) is 48.8. The number of alkyl halides is 1. The number of nitrogens with zero attached hydrogens (tertiary/aromatic N) is 1. The molecular formula is C22H34FN2O13P. The van der Waals surface area contributed by atoms with Crippen LogP contribution in [-0.2, 0) is 48.5 Å². The number of carbonyl (C=O) groups excluding carboxylic acids is 2. The molecule has 2 heterocycles. The fourth-order valence-corrected chi connectivity index (χ4v) is 4.32. The van der Waals surface area contributed by atoms with E-state index in [1.54, 1.807) is 0 Å². The molecule has 15 nitrogen and oxygen atoms in total. The third-order valence-corrected chi connectivity index (χ3v) is 7.09. The van der Waals surface area contributed by atoms with E-state index in [-0.39, 0.29) is 0 Å². The van der Waals surface area contributed by atoms with Crippen molar-refractivity contribution in [2.45, 2.75) is 64.6 Å². The van der Waals surface area contributed by atoms with Crippen LogP contribution in [0.5, 0.6) is 0 Å². The van der Waals surface area contributed by atoms with Gasteiger partial charge in [-0.15, -0.1) is 0 Å². The largest absolute Gasteiger partial charge is 0.480 e. The second-order valence-corrected chi connectivity index (χ2v) is 11.3. The van der Waals surface area contributed by atoms with E-state index >= 15 is 0 Å². The van der Waals surface area contributed by atoms with Crippen LogP contribution in [0.2, 0.25) is 0 Å². The van der Waals surface area contributed by atoms with Crippen LogP contribution in [0.4, 0.5) is 4.39 Å². The Balaban J connectivity index is 2.21. The molecule has 1 saturated heterocycles. The second kappa shape index (κ2) is 13.3. The van der Waals surface area contributed by atoms with Crippen LogP contribution in [0.3, 0.4) is 0 Å². The predicted octanol–water partition coefficient (Wildman–Crippen LogP) is 0.227. The third kappa shape index (κ3) is 8.27. The van der Waals surface area contributed by atoms with Crippen molar-refractivity contribution >= 4 is 19.8 Å². The van der Waals surface area contributed by atoms with Crippen LogP contribution < -0.4 is 11.2 Å². The molecule has 1 aliphatic heterocycles. The van der Waals surface area contributed by atoms with Crippen molar-refractivity contribution in [1.29, 1.82) is 0 Å². The molecule has 0 amide bonds. The zero-order valence-electron chi connectivity index (χ0n) is 22.2. The van der Waals surface area contributed by atoms with E-state index in [4.69, 9.17) is 27.8 Å². The number of aromatic nitrogens is 2. The topological polar surface area (TPSA) is 202 Å². The Labute approximate surface area is 222 Å². The van der Waals surface area contributed by atoms with E-state index in [9.17, 15) is 38.3 Å². The Morgan fingerprint density at radius 1 is 1.13 bits per heavy atom. The maximum absolute atomic E-state index is 14.4. The summed E-state index contributed by atoms with van der Waals surface area (Å²) in [5.41, 5.74) is -6.00. The molecule has 0 saturated carbocycles. The lowest BCUT2D eigenvalue weighted by atomic mass is 9.86. The summed E-state index contributed by atoms with van der Waals surface area (Å²) >= 11 is 0. The summed E-state index contributed by atoms with van der Waals surface area (Å²) in [7, 11) is -4.76. The summed E-state index contributed by atoms with van der Waals surface area (Å²) in [6, 6.07) is 1.04. The second-order valence-electron chi connectivity index (χ2n) is 9.65. The molecule has 1 fully saturated rings. The molecule has 17 heteroatoms. The fourth-order valence-electron chi connectivity index (χ4n) is 3.35. The van der Waals surface area contributed by atoms with Crippen molar-refractivity contribution in [2.24, 2.45) is 11.8 Å². The number of aromatic amines is 1. The number of ether oxygens (including phenoxy) is 3. The van der Waals surface area contributed by atoms with Gasteiger partial charge < -0.3 is 24.4 Å². The molecule has 222 valence electrons. The van der Waals surface area contributed by atoms with E-state index < -0.39 is 99.7 Å². The first kappa shape index (κ1) is 32.8. The number of aliphatic hydroxyl groups is 2. The number of H-pyrrole nitrogens is 1. The van der Waals surface area contributed by atoms with Gasteiger partial charge in [0.15, 0.2) is 0 Å². The highest BCUT2D eigenvalue weighted by atomic mass is 31.2. The van der Waals surface area contributed by atoms with Crippen molar-refractivity contribution in [3.63, 3.8) is 0 Å². The predicted molar refractivity (Wildman–Crippen MR) is 129 cm³/mol. The molecule has 0 spiro atoms. The van der Waals surface area contributed by atoms with Gasteiger partial charge in [0.1, 0.15) is 30.1 Å². The van der Waals surface area contributed by atoms with Gasteiger partial charge in [-0.05, 0) is 6.92 Å². The molecule has 39 heavy (non-hydrogen) atoms. The van der Waals surface area contributed by atoms with Gasteiger partial charge in [-0.25, -0.2) is 22.8 Å². The lowest BCUT2D eigenvalue weighted by Gasteiger charge is -2.31. The summed E-state index contributed by atoms with van der Waals surface area (Å²) < 4.78 is 58.8. The molecular weight excluding hydrogens is 550 g/mol. The fraction of sp³-hybridized carbons (Fsp3) is 0.727. The first-order valence-electron chi connectivity index (χ1n) is 11.9. The van der Waals surface area contributed by atoms with Crippen LogP contribution in [0.15, 0.2) is 21.9 Å². The number of hydrogen-bond acceptors (Lipinski definition) is 13. The Morgan fingerprint density at radius 2 is 1.67 bits per heavy atom. The summed E-state index contributed by atoms with van der Waals surface area (Å²) in [5.74, 6) is -2.52. The summed E-state index contributed by atoms with van der Waals surface area (Å²) in [6.45, 7) is 2.55. The number of halogens is 1. The van der Waals surface area contributed by atoms with Crippen molar-refractivity contribution < 1.29 is 56.5 Å². The first-order valence-corrected chi connectivity index (χ1v) is 13.3. The van der Waals surface area contributed by atoms with Gasteiger partial charge >= 0.3 is 25.5 Å². The Bertz CT molecular complexity index is 1140. The number of esters is 2. The van der Waals surface area contributed by atoms with E-state index in [1.807, 2.05) is 4.98 Å². The average molecular weight is 584 g/mol. The van der Waals surface area contributed by atoms with Crippen molar-refractivity contribution in [3.05, 3.63) is 33.1 Å². The highest BCUT2D eigenvalue weighted by Crippen LogP contribution is 2.51. The summed E-state index contributed by atoms with van der Waals surface area (Å²) in [6.07, 6.45) is -2.27. The van der Waals surface area contributed by atoms with Gasteiger partial charge in [0.25, 0.3) is 5.56 Å². The molecule has 1 aliphatic rings. The molecule has 3 N–H and O–H groups in total. The van der Waals surface area contributed by atoms with Crippen molar-refractivity contribution in [3.8, 4) is 0 Å². The van der Waals surface area contributed by atoms with Crippen LogP contribution in [0, 0.1) is 11.8 Å². The number of aliphatic hydroxyl groups excluding tert-OH is 1. The van der Waals surface area contributed by atoms with Crippen molar-refractivity contribution in [2.75, 3.05) is 26.9 Å². The van der Waals surface area contributed by atoms with Crippen LogP contribution in [0.1, 0.15) is 34.6 Å². The van der Waals surface area contributed by atoms with Gasteiger partial charge in [0.2, 0.25) is 13.6 Å². The smallest absolute Gasteiger partial charge is 0.438 e. The SMILES string of the molecule is CC(C)C(=O)OCOP(=O)(OCOC(=O)C(C)C)OC[C@@]1(CF)O[C@@H](Cn2ccc(=O)[nH]c2=O)[C@](C)(O)[C@@H]1O. The lowest BCUT2D eigenvalue weighted by Crippen LogP contribution is -2.53. The normalized spacial score (nSPS) is 25.3.